The van der Waals surface area contributed by atoms with E-state index in [0.29, 0.717) is 57.2 Å². The summed E-state index contributed by atoms with van der Waals surface area (Å²) in [6, 6.07) is 33.1. The van der Waals surface area contributed by atoms with Gasteiger partial charge in [-0.15, -0.1) is 0 Å². The Hall–Kier alpha value is -6.36. The van der Waals surface area contributed by atoms with Gasteiger partial charge < -0.3 is 29.3 Å². The fraction of sp³-hybridized carbons (Fsp3) is 0.308. The molecule has 2 atom stereocenters. The van der Waals surface area contributed by atoms with E-state index >= 15 is 0 Å². The fourth-order valence-electron chi connectivity index (χ4n) is 9.26. The largest absolute Gasteiger partial charge is 0.452 e. The molecular weight excluding hydrogens is 773 g/mol. The molecule has 10 heteroatoms. The van der Waals surface area contributed by atoms with E-state index in [1.54, 1.807) is 0 Å². The van der Waals surface area contributed by atoms with Crippen LogP contribution in [0.25, 0.3) is 67.4 Å². The maximum Gasteiger partial charge on any atom is 0.193 e. The molecule has 5 heterocycles. The van der Waals surface area contributed by atoms with Gasteiger partial charge in [0.25, 0.3) is 0 Å². The second-order valence-electron chi connectivity index (χ2n) is 16.6. The number of benzene rings is 6. The van der Waals surface area contributed by atoms with Crippen LogP contribution in [0.15, 0.2) is 115 Å². The monoisotopic (exact) mass is 828 g/mol. The molecule has 0 radical (unpaired) electrons. The zero-order valence-corrected chi connectivity index (χ0v) is 36.5. The van der Waals surface area contributed by atoms with Crippen LogP contribution in [0.5, 0.6) is 0 Å². The van der Waals surface area contributed by atoms with Crippen molar-refractivity contribution in [2.45, 2.75) is 66.5 Å². The van der Waals surface area contributed by atoms with Gasteiger partial charge in [0.05, 0.1) is 11.1 Å². The van der Waals surface area contributed by atoms with Crippen molar-refractivity contribution in [2.24, 2.45) is 0 Å². The van der Waals surface area contributed by atoms with Crippen molar-refractivity contribution in [1.82, 2.24) is 20.6 Å². The Kier molecular flexibility index (Phi) is 11.4. The molecule has 7 aliphatic rings. The Balaban J connectivity index is 0.000000164. The molecule has 2 bridgehead atoms. The maximum absolute atomic E-state index is 13.3. The lowest BCUT2D eigenvalue weighted by Gasteiger charge is -2.34. The van der Waals surface area contributed by atoms with Crippen LogP contribution in [0.1, 0.15) is 50.4 Å². The summed E-state index contributed by atoms with van der Waals surface area (Å²) in [4.78, 5) is 40.9. The summed E-state index contributed by atoms with van der Waals surface area (Å²) >= 11 is 0. The van der Waals surface area contributed by atoms with Crippen LogP contribution >= 0.6 is 0 Å². The summed E-state index contributed by atoms with van der Waals surface area (Å²) in [5, 5.41) is 7.06. The number of anilines is 2. The highest BCUT2D eigenvalue weighted by molar-refractivity contribution is 5.88. The van der Waals surface area contributed by atoms with Gasteiger partial charge in [0, 0.05) is 69.7 Å². The molecule has 2 unspecified atom stereocenters. The minimum Gasteiger partial charge on any atom is -0.452 e. The van der Waals surface area contributed by atoms with E-state index in [1.165, 1.54) is 24.2 Å². The van der Waals surface area contributed by atoms with Crippen LogP contribution in [-0.2, 0) is 0 Å². The first-order valence-electron chi connectivity index (χ1n) is 22.0. The number of fused-ring (bicyclic) bond motifs is 6. The fourth-order valence-corrected chi connectivity index (χ4v) is 9.26. The van der Waals surface area contributed by atoms with Crippen molar-refractivity contribution in [2.75, 3.05) is 49.1 Å². The van der Waals surface area contributed by atoms with Gasteiger partial charge in [0.15, 0.2) is 33.5 Å². The molecule has 2 aliphatic carbocycles. The number of piperazine rings is 2. The molecule has 11 rings (SSSR count). The number of para-hydroxylation sites is 4. The summed E-state index contributed by atoms with van der Waals surface area (Å²) in [6.45, 7) is 17.8. The molecule has 318 valence electrons. The quantitative estimate of drug-likeness (QED) is 0.166. The van der Waals surface area contributed by atoms with Gasteiger partial charge in [0.1, 0.15) is 22.4 Å². The minimum atomic E-state index is -0.00338. The van der Waals surface area contributed by atoms with Gasteiger partial charge in [-0.3, -0.25) is 9.59 Å². The molecule has 10 nitrogen and oxygen atoms in total. The highest BCUT2D eigenvalue weighted by Crippen LogP contribution is 2.38. The predicted octanol–water partition coefficient (Wildman–Crippen LogP) is 9.78. The lowest BCUT2D eigenvalue weighted by Crippen LogP contribution is -2.51. The number of hydrogen-bond acceptors (Lipinski definition) is 10. The first-order valence-corrected chi connectivity index (χ1v) is 22.0. The summed E-state index contributed by atoms with van der Waals surface area (Å²) in [6.07, 6.45) is 2.52. The Morgan fingerprint density at radius 1 is 0.629 bits per heavy atom. The molecular formula is C52H56N6O4. The number of nitrogens with zero attached hydrogens (tertiary/aromatic N) is 4. The second kappa shape index (κ2) is 17.2. The predicted molar refractivity (Wildman–Crippen MR) is 254 cm³/mol. The smallest absolute Gasteiger partial charge is 0.193 e. The van der Waals surface area contributed by atoms with Crippen LogP contribution in [0.3, 0.4) is 0 Å². The normalized spacial score (nSPS) is 17.3. The van der Waals surface area contributed by atoms with Gasteiger partial charge >= 0.3 is 0 Å². The van der Waals surface area contributed by atoms with Crippen LogP contribution in [0.2, 0.25) is 0 Å². The van der Waals surface area contributed by atoms with E-state index in [2.05, 4.69) is 63.8 Å². The molecule has 0 amide bonds. The van der Waals surface area contributed by atoms with Gasteiger partial charge in [-0.05, 0) is 123 Å². The van der Waals surface area contributed by atoms with Crippen molar-refractivity contribution in [3.63, 3.8) is 0 Å². The second-order valence-corrected chi connectivity index (χ2v) is 16.6. The third-order valence-electron chi connectivity index (χ3n) is 12.7. The van der Waals surface area contributed by atoms with Gasteiger partial charge in [-0.25, -0.2) is 9.97 Å². The lowest BCUT2D eigenvalue weighted by atomic mass is 9.93. The topological polar surface area (TPSA) is 117 Å². The summed E-state index contributed by atoms with van der Waals surface area (Å²) in [5.74, 6) is 1.12. The molecule has 62 heavy (non-hydrogen) atoms. The van der Waals surface area contributed by atoms with Gasteiger partial charge in [-0.1, -0.05) is 56.3 Å². The van der Waals surface area contributed by atoms with Crippen molar-refractivity contribution >= 4 is 33.6 Å². The highest BCUT2D eigenvalue weighted by atomic mass is 16.3. The van der Waals surface area contributed by atoms with Crippen molar-refractivity contribution in [1.29, 1.82) is 0 Å². The molecule has 4 aromatic rings. The number of aromatic nitrogens is 2. The average Bonchev–Trinajstić information content (AvgIpc) is 3.65. The number of nitrogens with one attached hydrogen (secondary N) is 2. The van der Waals surface area contributed by atoms with Crippen LogP contribution in [0, 0.1) is 27.7 Å². The Morgan fingerprint density at radius 2 is 1.24 bits per heavy atom. The molecule has 4 aromatic carbocycles. The van der Waals surface area contributed by atoms with E-state index in [-0.39, 0.29) is 12.3 Å². The zero-order valence-electron chi connectivity index (χ0n) is 36.5. The van der Waals surface area contributed by atoms with E-state index in [0.717, 1.165) is 83.8 Å². The minimum absolute atomic E-state index is 0. The van der Waals surface area contributed by atoms with Gasteiger partial charge in [-0.2, -0.15) is 0 Å². The van der Waals surface area contributed by atoms with Crippen molar-refractivity contribution < 1.29 is 10.3 Å². The Morgan fingerprint density at radius 3 is 1.90 bits per heavy atom. The summed E-state index contributed by atoms with van der Waals surface area (Å²) in [5.41, 5.74) is 13.2. The Bertz CT molecular complexity index is 2960. The van der Waals surface area contributed by atoms with E-state index in [9.17, 15) is 9.59 Å². The number of aryl methyl sites for hydroxylation is 2. The van der Waals surface area contributed by atoms with E-state index in [4.69, 9.17) is 18.8 Å². The first kappa shape index (κ1) is 41.0. The third-order valence-corrected chi connectivity index (χ3v) is 12.7. The summed E-state index contributed by atoms with van der Waals surface area (Å²) in [7, 11) is 0. The van der Waals surface area contributed by atoms with Crippen LogP contribution in [-0.4, -0.2) is 61.3 Å². The lowest BCUT2D eigenvalue weighted by molar-refractivity contribution is 0.466. The maximum atomic E-state index is 13.3. The molecule has 3 fully saturated rings. The van der Waals surface area contributed by atoms with E-state index < -0.39 is 0 Å². The van der Waals surface area contributed by atoms with Crippen molar-refractivity contribution in [3.05, 3.63) is 140 Å². The van der Waals surface area contributed by atoms with Gasteiger partial charge in [0.2, 0.25) is 0 Å². The molecule has 0 spiro atoms. The van der Waals surface area contributed by atoms with Crippen molar-refractivity contribution in [3.8, 4) is 45.2 Å². The number of hydrogen-bond donors (Lipinski definition) is 2. The summed E-state index contributed by atoms with van der Waals surface area (Å²) < 4.78 is 12.4. The number of rotatable bonds is 4. The molecule has 5 aliphatic heterocycles. The van der Waals surface area contributed by atoms with E-state index in [1.807, 2.05) is 95.3 Å². The van der Waals surface area contributed by atoms with Crippen LogP contribution < -0.4 is 31.3 Å². The zero-order chi connectivity index (χ0) is 43.1. The SMILES string of the molecule is CC.Cc1c2nc3ccccc3oc-2c(-c2ccc(N3CC4CCC(C3)N4)cc2)c(=O)c1C.Cc1cc(N2CCNCC2)ccc1-c1c2oc3ccccc3nc-2cc(C)c1=O.[HH]. The molecule has 3 saturated heterocycles. The molecule has 0 saturated carbocycles. The van der Waals surface area contributed by atoms with Crippen LogP contribution in [0.4, 0.5) is 11.4 Å². The standard InChI is InChI=1S/C26H25N3O2.C24H23N3O2.C2H6.H2/c1-15-16(2)25(30)23(26-24(15)28-21-5-3-4-6-22(21)31-26)17-7-11-20(12-8-17)29-13-18-9-10-19(14-29)27-18;1-15-13-17(27-11-9-25-10-12-27)7-8-18(15)22-23(28)16(2)14-20-24(22)29-21-6-4-3-5-19(21)26-20;1-2;/h3-8,11-12,18-19,27H,9-10,13-14H2,1-2H3;3-8,13-14,25H,9-12H2,1-2H3;1-2H3;1H. The average molecular weight is 829 g/mol. The molecule has 2 N–H and O–H groups in total. The first-order chi connectivity index (χ1) is 30.2. The Labute approximate surface area is 363 Å². The molecule has 0 aromatic heterocycles. The third kappa shape index (κ3) is 7.62. The highest BCUT2D eigenvalue weighted by Gasteiger charge is 2.32.